The number of hydrogen-bond acceptors (Lipinski definition) is 3. The van der Waals surface area contributed by atoms with Crippen molar-refractivity contribution in [3.05, 3.63) is 35.9 Å². The highest BCUT2D eigenvalue weighted by molar-refractivity contribution is 5.83. The van der Waals surface area contributed by atoms with Crippen LogP contribution in [0.1, 0.15) is 57.1 Å². The fraction of sp³-hybridized carbons (Fsp3) is 0.636. The number of amides is 2. The molecule has 1 aromatic rings. The predicted molar refractivity (Wildman–Crippen MR) is 103 cm³/mol. The number of nitrogens with one attached hydrogen (secondary N) is 2. The minimum Gasteiger partial charge on any atom is -0.388 e. The summed E-state index contributed by atoms with van der Waals surface area (Å²) in [5.41, 5.74) is 0.520. The molecule has 3 N–H and O–H groups in total. The molecule has 0 radical (unpaired) electrons. The van der Waals surface area contributed by atoms with E-state index in [4.69, 9.17) is 0 Å². The zero-order valence-electron chi connectivity index (χ0n) is 16.0. The molecule has 0 bridgehead atoms. The van der Waals surface area contributed by atoms with Crippen LogP contribution in [0, 0.1) is 23.2 Å². The van der Waals surface area contributed by atoms with E-state index in [0.717, 1.165) is 43.1 Å². The third-order valence-corrected chi connectivity index (χ3v) is 6.63. The second-order valence-corrected chi connectivity index (χ2v) is 9.08. The fourth-order valence-corrected chi connectivity index (χ4v) is 4.72. The van der Waals surface area contributed by atoms with E-state index in [9.17, 15) is 14.7 Å². The lowest BCUT2D eigenvalue weighted by molar-refractivity contribution is -0.131. The molecule has 27 heavy (non-hydrogen) atoms. The van der Waals surface area contributed by atoms with Gasteiger partial charge in [-0.2, -0.15) is 0 Å². The van der Waals surface area contributed by atoms with Crippen LogP contribution in [0.2, 0.25) is 0 Å². The first kappa shape index (κ1) is 18.5. The summed E-state index contributed by atoms with van der Waals surface area (Å²) in [5, 5.41) is 16.4. The number of carbonyl (C=O) groups is 2. The standard InChI is InChI=1S/C22H30N2O3/c1-22(11-16-9-17(16)12-22)21(27)23-13-18(14-7-8-14)24-20(26)10-19(25)15-5-3-2-4-6-15/h2-6,14,16-19,25H,7-13H2,1H3,(H,23,27)(H,24,26)/t16?,17?,18?,19-,22?/m1/s1. The van der Waals surface area contributed by atoms with E-state index < -0.39 is 6.10 Å². The molecule has 2 amide bonds. The lowest BCUT2D eigenvalue weighted by Crippen LogP contribution is -2.48. The van der Waals surface area contributed by atoms with Gasteiger partial charge >= 0.3 is 0 Å². The van der Waals surface area contributed by atoms with E-state index in [1.807, 2.05) is 30.3 Å². The molecule has 3 aliphatic carbocycles. The normalized spacial score (nSPS) is 30.9. The Morgan fingerprint density at radius 1 is 1.19 bits per heavy atom. The maximum Gasteiger partial charge on any atom is 0.226 e. The minimum atomic E-state index is -0.801. The molecule has 3 fully saturated rings. The van der Waals surface area contributed by atoms with Crippen molar-refractivity contribution in [3.63, 3.8) is 0 Å². The zero-order chi connectivity index (χ0) is 19.0. The number of aliphatic hydroxyl groups is 1. The second kappa shape index (κ2) is 7.27. The third-order valence-electron chi connectivity index (χ3n) is 6.63. The number of fused-ring (bicyclic) bond motifs is 1. The molecule has 146 valence electrons. The number of benzene rings is 1. The molecule has 3 saturated carbocycles. The Hall–Kier alpha value is -1.88. The summed E-state index contributed by atoms with van der Waals surface area (Å²) in [6.07, 6.45) is 4.73. The van der Waals surface area contributed by atoms with Crippen LogP contribution in [0.4, 0.5) is 0 Å². The van der Waals surface area contributed by atoms with Crippen LogP contribution in [0.5, 0.6) is 0 Å². The number of aliphatic hydroxyl groups excluding tert-OH is 1. The van der Waals surface area contributed by atoms with Crippen LogP contribution >= 0.6 is 0 Å². The van der Waals surface area contributed by atoms with Crippen LogP contribution in [-0.4, -0.2) is 29.5 Å². The van der Waals surface area contributed by atoms with Crippen molar-refractivity contribution in [1.29, 1.82) is 0 Å². The lowest BCUT2D eigenvalue weighted by atomic mass is 9.84. The predicted octanol–water partition coefficient (Wildman–Crippen LogP) is 2.56. The summed E-state index contributed by atoms with van der Waals surface area (Å²) in [6, 6.07) is 9.20. The minimum absolute atomic E-state index is 0.0380. The average molecular weight is 370 g/mol. The molecule has 0 aliphatic heterocycles. The Labute approximate surface area is 160 Å². The maximum absolute atomic E-state index is 12.7. The van der Waals surface area contributed by atoms with Crippen molar-refractivity contribution in [2.24, 2.45) is 23.2 Å². The number of carbonyl (C=O) groups excluding carboxylic acids is 2. The molecule has 4 rings (SSSR count). The first-order valence-corrected chi connectivity index (χ1v) is 10.3. The van der Waals surface area contributed by atoms with E-state index in [-0.39, 0.29) is 29.7 Å². The third kappa shape index (κ3) is 4.34. The van der Waals surface area contributed by atoms with Crippen LogP contribution in [0.25, 0.3) is 0 Å². The Kier molecular flexibility index (Phi) is 4.97. The maximum atomic E-state index is 12.7. The van der Waals surface area contributed by atoms with E-state index >= 15 is 0 Å². The van der Waals surface area contributed by atoms with Gasteiger partial charge in [0.1, 0.15) is 0 Å². The zero-order valence-corrected chi connectivity index (χ0v) is 16.0. The van der Waals surface area contributed by atoms with Crippen molar-refractivity contribution in [1.82, 2.24) is 10.6 Å². The summed E-state index contributed by atoms with van der Waals surface area (Å²) in [7, 11) is 0. The topological polar surface area (TPSA) is 78.4 Å². The van der Waals surface area contributed by atoms with Gasteiger partial charge in [-0.1, -0.05) is 37.3 Å². The first-order chi connectivity index (χ1) is 12.9. The lowest BCUT2D eigenvalue weighted by Gasteiger charge is -2.27. The summed E-state index contributed by atoms with van der Waals surface area (Å²) in [4.78, 5) is 25.1. The summed E-state index contributed by atoms with van der Waals surface area (Å²) >= 11 is 0. The Morgan fingerprint density at radius 3 is 2.48 bits per heavy atom. The molecular formula is C22H30N2O3. The molecule has 3 unspecified atom stereocenters. The largest absolute Gasteiger partial charge is 0.388 e. The summed E-state index contributed by atoms with van der Waals surface area (Å²) in [6.45, 7) is 2.57. The molecular weight excluding hydrogens is 340 g/mol. The van der Waals surface area contributed by atoms with Gasteiger partial charge < -0.3 is 15.7 Å². The fourth-order valence-electron chi connectivity index (χ4n) is 4.72. The summed E-state index contributed by atoms with van der Waals surface area (Å²) < 4.78 is 0. The van der Waals surface area contributed by atoms with Gasteiger partial charge in [0, 0.05) is 18.0 Å². The molecule has 1 aromatic carbocycles. The highest BCUT2D eigenvalue weighted by Gasteiger charge is 2.54. The van der Waals surface area contributed by atoms with Gasteiger partial charge in [0.15, 0.2) is 0 Å². The number of hydrogen-bond donors (Lipinski definition) is 3. The highest BCUT2D eigenvalue weighted by atomic mass is 16.3. The highest BCUT2D eigenvalue weighted by Crippen LogP contribution is 2.59. The van der Waals surface area contributed by atoms with E-state index in [1.165, 1.54) is 6.42 Å². The van der Waals surface area contributed by atoms with Crippen LogP contribution in [-0.2, 0) is 9.59 Å². The molecule has 3 aliphatic rings. The van der Waals surface area contributed by atoms with Gasteiger partial charge in [0.05, 0.1) is 12.5 Å². The van der Waals surface area contributed by atoms with E-state index in [2.05, 4.69) is 17.6 Å². The van der Waals surface area contributed by atoms with Gasteiger partial charge in [-0.05, 0) is 55.4 Å². The smallest absolute Gasteiger partial charge is 0.226 e. The van der Waals surface area contributed by atoms with Crippen LogP contribution in [0.3, 0.4) is 0 Å². The quantitative estimate of drug-likeness (QED) is 0.658. The molecule has 4 atom stereocenters. The van der Waals surface area contributed by atoms with Gasteiger partial charge in [0.2, 0.25) is 11.8 Å². The second-order valence-electron chi connectivity index (χ2n) is 9.08. The molecule has 5 nitrogen and oxygen atoms in total. The van der Waals surface area contributed by atoms with Gasteiger partial charge in [0.25, 0.3) is 0 Å². The van der Waals surface area contributed by atoms with Gasteiger partial charge in [-0.15, -0.1) is 0 Å². The Morgan fingerprint density at radius 2 is 1.85 bits per heavy atom. The monoisotopic (exact) mass is 370 g/mol. The first-order valence-electron chi connectivity index (χ1n) is 10.3. The average Bonchev–Trinajstić information content (AvgIpc) is 3.58. The Balaban J connectivity index is 1.26. The molecule has 0 aromatic heterocycles. The van der Waals surface area contributed by atoms with Crippen molar-refractivity contribution in [2.45, 2.75) is 57.6 Å². The van der Waals surface area contributed by atoms with Gasteiger partial charge in [-0.3, -0.25) is 9.59 Å². The molecule has 0 saturated heterocycles. The van der Waals surface area contributed by atoms with Crippen LogP contribution in [0.15, 0.2) is 30.3 Å². The van der Waals surface area contributed by atoms with Crippen molar-refractivity contribution in [3.8, 4) is 0 Å². The van der Waals surface area contributed by atoms with E-state index in [1.54, 1.807) is 0 Å². The SMILES string of the molecule is CC1(C(=O)NCC(NC(=O)C[C@@H](O)c2ccccc2)C2CC2)CC2CC2C1. The van der Waals surface area contributed by atoms with E-state index in [0.29, 0.717) is 12.5 Å². The van der Waals surface area contributed by atoms with Crippen LogP contribution < -0.4 is 10.6 Å². The van der Waals surface area contributed by atoms with Crippen molar-refractivity contribution < 1.29 is 14.7 Å². The van der Waals surface area contributed by atoms with Crippen molar-refractivity contribution >= 4 is 11.8 Å². The summed E-state index contributed by atoms with van der Waals surface area (Å²) in [5.74, 6) is 1.94. The molecule has 0 spiro atoms. The molecule has 0 heterocycles. The van der Waals surface area contributed by atoms with Gasteiger partial charge in [-0.25, -0.2) is 0 Å². The Bertz CT molecular complexity index is 691. The van der Waals surface area contributed by atoms with Crippen molar-refractivity contribution in [2.75, 3.05) is 6.54 Å². The number of rotatable bonds is 8. The molecule has 5 heteroatoms.